The van der Waals surface area contributed by atoms with E-state index in [0.717, 1.165) is 36.2 Å². The van der Waals surface area contributed by atoms with Crippen molar-refractivity contribution in [2.75, 3.05) is 10.6 Å². The topological polar surface area (TPSA) is 76.0 Å². The quantitative estimate of drug-likeness (QED) is 0.575. The van der Waals surface area contributed by atoms with Crippen LogP contribution < -0.4 is 16.2 Å². The summed E-state index contributed by atoms with van der Waals surface area (Å²) in [4.78, 5) is 31.0. The van der Waals surface area contributed by atoms with Gasteiger partial charge in [0, 0.05) is 13.0 Å². The van der Waals surface area contributed by atoms with E-state index in [9.17, 15) is 9.59 Å². The van der Waals surface area contributed by atoms with Crippen molar-refractivity contribution in [3.8, 4) is 0 Å². The minimum absolute atomic E-state index is 0.0112. The van der Waals surface area contributed by atoms with E-state index in [1.807, 2.05) is 24.5 Å². The van der Waals surface area contributed by atoms with Crippen LogP contribution in [0, 0.1) is 19.8 Å². The fourth-order valence-corrected chi connectivity index (χ4v) is 5.01. The molecule has 0 saturated heterocycles. The molecule has 1 aromatic carbocycles. The number of aromatic nitrogens is 2. The summed E-state index contributed by atoms with van der Waals surface area (Å²) in [6, 6.07) is 5.04. The number of thiophene rings is 1. The third-order valence-corrected chi connectivity index (χ3v) is 6.85. The SMILES string of the molecule is Cc1ccc(NC(=O)Nc2sc3nc4n(c(=O)c3c2C)CC[C@@H](C)CC4)c(Cl)c1. The van der Waals surface area contributed by atoms with Gasteiger partial charge >= 0.3 is 6.03 Å². The molecule has 0 aliphatic carbocycles. The van der Waals surface area contributed by atoms with Gasteiger partial charge in [0.15, 0.2) is 0 Å². The van der Waals surface area contributed by atoms with Crippen molar-refractivity contribution in [1.29, 1.82) is 0 Å². The Kier molecular flexibility index (Phi) is 5.36. The first-order valence-corrected chi connectivity index (χ1v) is 10.9. The van der Waals surface area contributed by atoms with Crippen molar-refractivity contribution in [3.05, 3.63) is 50.5 Å². The van der Waals surface area contributed by atoms with Crippen LogP contribution in [0.15, 0.2) is 23.0 Å². The minimum atomic E-state index is -0.402. The van der Waals surface area contributed by atoms with Crippen LogP contribution in [0.1, 0.15) is 36.7 Å². The molecule has 0 radical (unpaired) electrons. The van der Waals surface area contributed by atoms with E-state index in [0.29, 0.717) is 38.4 Å². The van der Waals surface area contributed by atoms with Gasteiger partial charge in [0.05, 0.1) is 16.1 Å². The molecular weight excluding hydrogens is 408 g/mol. The Balaban J connectivity index is 1.63. The molecule has 0 saturated carbocycles. The molecule has 0 spiro atoms. The summed E-state index contributed by atoms with van der Waals surface area (Å²) >= 11 is 7.53. The molecule has 152 valence electrons. The highest BCUT2D eigenvalue weighted by Gasteiger charge is 2.21. The molecule has 4 rings (SSSR count). The second-order valence-electron chi connectivity index (χ2n) is 7.72. The fourth-order valence-electron chi connectivity index (χ4n) is 3.65. The van der Waals surface area contributed by atoms with Crippen LogP contribution in [0.3, 0.4) is 0 Å². The molecule has 0 fully saturated rings. The van der Waals surface area contributed by atoms with E-state index in [-0.39, 0.29) is 5.56 Å². The van der Waals surface area contributed by atoms with Crippen molar-refractivity contribution in [2.45, 2.75) is 46.6 Å². The molecule has 2 aromatic heterocycles. The maximum absolute atomic E-state index is 13.1. The second kappa shape index (κ2) is 7.80. The number of urea groups is 1. The van der Waals surface area contributed by atoms with Crippen LogP contribution in [-0.4, -0.2) is 15.6 Å². The molecule has 8 heteroatoms. The van der Waals surface area contributed by atoms with Gasteiger partial charge in [-0.2, -0.15) is 0 Å². The third kappa shape index (κ3) is 3.89. The summed E-state index contributed by atoms with van der Waals surface area (Å²) in [5.74, 6) is 1.43. The molecule has 29 heavy (non-hydrogen) atoms. The molecule has 2 N–H and O–H groups in total. The number of aryl methyl sites for hydroxylation is 3. The van der Waals surface area contributed by atoms with E-state index in [1.54, 1.807) is 12.1 Å². The van der Waals surface area contributed by atoms with Crippen molar-refractivity contribution in [3.63, 3.8) is 0 Å². The molecule has 3 aromatic rings. The molecule has 0 bridgehead atoms. The summed E-state index contributed by atoms with van der Waals surface area (Å²) < 4.78 is 1.81. The lowest BCUT2D eigenvalue weighted by molar-refractivity contribution is 0.262. The predicted octanol–water partition coefficient (Wildman–Crippen LogP) is 5.34. The number of benzene rings is 1. The normalized spacial score (nSPS) is 16.3. The minimum Gasteiger partial charge on any atom is -0.306 e. The van der Waals surface area contributed by atoms with Crippen LogP contribution in [0.5, 0.6) is 0 Å². The van der Waals surface area contributed by atoms with Crippen LogP contribution >= 0.6 is 22.9 Å². The first-order chi connectivity index (χ1) is 13.8. The molecular formula is C21H23ClN4O2S. The first kappa shape index (κ1) is 19.9. The highest BCUT2D eigenvalue weighted by atomic mass is 35.5. The Morgan fingerprint density at radius 3 is 2.83 bits per heavy atom. The summed E-state index contributed by atoms with van der Waals surface area (Å²) in [5, 5.41) is 7.31. The molecule has 1 aliphatic heterocycles. The zero-order valence-corrected chi connectivity index (χ0v) is 18.2. The Morgan fingerprint density at radius 2 is 2.07 bits per heavy atom. The third-order valence-electron chi connectivity index (χ3n) is 5.44. The number of nitrogens with one attached hydrogen (secondary N) is 2. The maximum atomic E-state index is 13.1. The van der Waals surface area contributed by atoms with Gasteiger partial charge in [-0.25, -0.2) is 9.78 Å². The highest BCUT2D eigenvalue weighted by Crippen LogP contribution is 2.33. The van der Waals surface area contributed by atoms with Crippen LogP contribution in [0.25, 0.3) is 10.2 Å². The monoisotopic (exact) mass is 430 g/mol. The molecule has 6 nitrogen and oxygen atoms in total. The summed E-state index contributed by atoms with van der Waals surface area (Å²) in [7, 11) is 0. The largest absolute Gasteiger partial charge is 0.324 e. The standard InChI is InChI=1S/C21H23ClN4O2S/c1-11-5-7-16-24-19-17(20(27)26(16)9-8-11)13(3)18(29-19)25-21(28)23-15-6-4-12(2)10-14(15)22/h4,6,10-11H,5,7-9H2,1-3H3,(H2,23,25,28)/t11-/m0/s1. The van der Waals surface area contributed by atoms with Crippen LogP contribution in [0.4, 0.5) is 15.5 Å². The number of nitrogens with zero attached hydrogens (tertiary/aromatic N) is 2. The van der Waals surface area contributed by atoms with Crippen molar-refractivity contribution in [2.24, 2.45) is 5.92 Å². The van der Waals surface area contributed by atoms with Gasteiger partial charge in [-0.1, -0.05) is 35.9 Å². The van der Waals surface area contributed by atoms with Crippen molar-refractivity contribution in [1.82, 2.24) is 9.55 Å². The fraction of sp³-hybridized carbons (Fsp3) is 0.381. The maximum Gasteiger partial charge on any atom is 0.324 e. The Hall–Kier alpha value is -2.38. The number of hydrogen-bond donors (Lipinski definition) is 2. The van der Waals surface area contributed by atoms with Gasteiger partial charge < -0.3 is 5.32 Å². The number of anilines is 2. The number of carbonyl (C=O) groups is 1. The number of rotatable bonds is 2. The van der Waals surface area contributed by atoms with Gasteiger partial charge in [-0.15, -0.1) is 0 Å². The lowest BCUT2D eigenvalue weighted by Crippen LogP contribution is -2.24. The number of halogens is 1. The summed E-state index contributed by atoms with van der Waals surface area (Å²) in [6.45, 7) is 6.70. The van der Waals surface area contributed by atoms with Crippen molar-refractivity contribution >= 4 is 49.9 Å². The van der Waals surface area contributed by atoms with Gasteiger partial charge in [-0.05, 0) is 55.9 Å². The second-order valence-corrected chi connectivity index (χ2v) is 9.12. The first-order valence-electron chi connectivity index (χ1n) is 9.70. The highest BCUT2D eigenvalue weighted by molar-refractivity contribution is 7.22. The van der Waals surface area contributed by atoms with E-state index in [2.05, 4.69) is 17.6 Å². The average Bonchev–Trinajstić information content (AvgIpc) is 2.84. The van der Waals surface area contributed by atoms with Gasteiger partial charge in [0.2, 0.25) is 0 Å². The zero-order chi connectivity index (χ0) is 20.7. The zero-order valence-electron chi connectivity index (χ0n) is 16.6. The number of amides is 2. The molecule has 3 heterocycles. The lowest BCUT2D eigenvalue weighted by Gasteiger charge is -2.09. The molecule has 2 amide bonds. The van der Waals surface area contributed by atoms with Crippen molar-refractivity contribution < 1.29 is 4.79 Å². The molecule has 1 atom stereocenters. The van der Waals surface area contributed by atoms with E-state index in [4.69, 9.17) is 16.6 Å². The summed E-state index contributed by atoms with van der Waals surface area (Å²) in [5.41, 5.74) is 2.29. The Bertz CT molecular complexity index is 1170. The molecule has 1 aliphatic rings. The van der Waals surface area contributed by atoms with Gasteiger partial charge in [0.1, 0.15) is 15.7 Å². The van der Waals surface area contributed by atoms with E-state index >= 15 is 0 Å². The van der Waals surface area contributed by atoms with E-state index < -0.39 is 6.03 Å². The lowest BCUT2D eigenvalue weighted by atomic mass is 10.0. The van der Waals surface area contributed by atoms with Crippen LogP contribution in [0.2, 0.25) is 5.02 Å². The van der Waals surface area contributed by atoms with Crippen LogP contribution in [-0.2, 0) is 13.0 Å². The number of fused-ring (bicyclic) bond motifs is 2. The van der Waals surface area contributed by atoms with E-state index in [1.165, 1.54) is 11.3 Å². The predicted molar refractivity (Wildman–Crippen MR) is 120 cm³/mol. The van der Waals surface area contributed by atoms with Gasteiger partial charge in [-0.3, -0.25) is 14.7 Å². The average molecular weight is 431 g/mol. The Labute approximate surface area is 177 Å². The Morgan fingerprint density at radius 1 is 1.28 bits per heavy atom. The number of hydrogen-bond acceptors (Lipinski definition) is 4. The summed E-state index contributed by atoms with van der Waals surface area (Å²) in [6.07, 6.45) is 2.82. The van der Waals surface area contributed by atoms with Gasteiger partial charge in [0.25, 0.3) is 5.56 Å². The smallest absolute Gasteiger partial charge is 0.306 e. The number of carbonyl (C=O) groups excluding carboxylic acids is 1. The molecule has 0 unspecified atom stereocenters.